The van der Waals surface area contributed by atoms with E-state index >= 15 is 0 Å². The van der Waals surface area contributed by atoms with Crippen molar-refractivity contribution in [2.45, 2.75) is 168 Å². The number of aliphatic hydroxyl groups is 2. The van der Waals surface area contributed by atoms with E-state index in [0.29, 0.717) is 12.3 Å². The fraction of sp³-hybridized carbons (Fsp3) is 1.00. The van der Waals surface area contributed by atoms with Crippen molar-refractivity contribution in [2.24, 2.45) is 5.92 Å². The highest BCUT2D eigenvalue weighted by Gasteiger charge is 2.31. The summed E-state index contributed by atoms with van der Waals surface area (Å²) in [4.78, 5) is 0. The van der Waals surface area contributed by atoms with Gasteiger partial charge < -0.3 is 10.2 Å². The maximum atomic E-state index is 10.3. The van der Waals surface area contributed by atoms with Gasteiger partial charge in [-0.2, -0.15) is 0 Å². The highest BCUT2D eigenvalue weighted by Crippen LogP contribution is 2.50. The van der Waals surface area contributed by atoms with E-state index in [2.05, 4.69) is 20.8 Å². The molecule has 0 saturated heterocycles. The highest BCUT2D eigenvalue weighted by molar-refractivity contribution is 7.58. The smallest absolute Gasteiger partial charge is 0.181 e. The lowest BCUT2D eigenvalue weighted by Crippen LogP contribution is -2.27. The third kappa shape index (κ3) is 20.9. The summed E-state index contributed by atoms with van der Waals surface area (Å²) in [7, 11) is -0.678. The second-order valence-electron chi connectivity index (χ2n) is 10.7. The third-order valence-electron chi connectivity index (χ3n) is 6.85. The van der Waals surface area contributed by atoms with Crippen LogP contribution in [0.15, 0.2) is 0 Å². The van der Waals surface area contributed by atoms with E-state index in [4.69, 9.17) is 0 Å². The van der Waals surface area contributed by atoms with Crippen LogP contribution in [0, 0.1) is 5.92 Å². The Balaban J connectivity index is 3.35. The zero-order valence-corrected chi connectivity index (χ0v) is 23.6. The Kier molecular flexibility index (Phi) is 23.4. The van der Waals surface area contributed by atoms with Crippen molar-refractivity contribution in [1.82, 2.24) is 0 Å². The van der Waals surface area contributed by atoms with Crippen LogP contribution in [0.2, 0.25) is 0 Å². The van der Waals surface area contributed by atoms with Gasteiger partial charge in [-0.05, 0) is 32.6 Å². The second-order valence-corrected chi connectivity index (χ2v) is 13.3. The first-order chi connectivity index (χ1) is 15.4. The zero-order chi connectivity index (χ0) is 23.9. The molecule has 0 aromatic heterocycles. The Bertz CT molecular complexity index is 370. The highest BCUT2D eigenvalue weighted by atomic mass is 31.1. The minimum absolute atomic E-state index is 0.463. The van der Waals surface area contributed by atoms with Gasteiger partial charge in [0.05, 0.1) is 0 Å². The Morgan fingerprint density at radius 3 is 1.12 bits per heavy atom. The molecule has 3 heteroatoms. The molecule has 0 saturated carbocycles. The monoisotopic (exact) mass is 472 g/mol. The van der Waals surface area contributed by atoms with Gasteiger partial charge in [0.15, 0.2) is 5.53 Å². The first kappa shape index (κ1) is 32.4. The van der Waals surface area contributed by atoms with E-state index in [1.54, 1.807) is 0 Å². The van der Waals surface area contributed by atoms with E-state index in [-0.39, 0.29) is 0 Å². The number of hydrogen-bond donors (Lipinski definition) is 2. The summed E-state index contributed by atoms with van der Waals surface area (Å²) in [5.41, 5.74) is -1.41. The van der Waals surface area contributed by atoms with Gasteiger partial charge in [0.1, 0.15) is 0 Å². The minimum Gasteiger partial charge on any atom is -0.362 e. The lowest BCUT2D eigenvalue weighted by atomic mass is 10.0. The van der Waals surface area contributed by atoms with E-state index in [1.165, 1.54) is 128 Å². The lowest BCUT2D eigenvalue weighted by Gasteiger charge is -2.32. The minimum atomic E-state index is -1.41. The molecule has 0 radical (unpaired) electrons. The van der Waals surface area contributed by atoms with Gasteiger partial charge in [-0.15, -0.1) is 0 Å². The summed E-state index contributed by atoms with van der Waals surface area (Å²) in [6.07, 6.45) is 30.6. The van der Waals surface area contributed by atoms with Crippen molar-refractivity contribution in [1.29, 1.82) is 0 Å². The summed E-state index contributed by atoms with van der Waals surface area (Å²) in [5, 5.41) is 20.5. The molecule has 0 bridgehead atoms. The summed E-state index contributed by atoms with van der Waals surface area (Å²) >= 11 is 0. The Hall–Kier alpha value is 0.350. The van der Waals surface area contributed by atoms with Gasteiger partial charge in [-0.3, -0.25) is 0 Å². The average Bonchev–Trinajstić information content (AvgIpc) is 2.76. The molecule has 194 valence electrons. The van der Waals surface area contributed by atoms with Gasteiger partial charge in [0, 0.05) is 6.42 Å². The molecule has 32 heavy (non-hydrogen) atoms. The van der Waals surface area contributed by atoms with Gasteiger partial charge in [0.2, 0.25) is 0 Å². The maximum absolute atomic E-state index is 10.3. The van der Waals surface area contributed by atoms with Gasteiger partial charge in [-0.1, -0.05) is 150 Å². The average molecular weight is 473 g/mol. The van der Waals surface area contributed by atoms with Crippen molar-refractivity contribution < 1.29 is 10.2 Å². The predicted octanol–water partition coefficient (Wildman–Crippen LogP) is 9.99. The quantitative estimate of drug-likeness (QED) is 0.0788. The largest absolute Gasteiger partial charge is 0.362 e. The van der Waals surface area contributed by atoms with Crippen LogP contribution in [0.4, 0.5) is 0 Å². The standard InChI is InChI=1S/C29H61O2P/c1-5-7-8-9-10-11-12-13-14-15-16-17-18-19-20-21-22-23-24-25-26-32(27-28(3)4)29(30,31)6-2/h28,30-31H,5-27H2,1-4H3. The van der Waals surface area contributed by atoms with E-state index < -0.39 is 13.4 Å². The summed E-state index contributed by atoms with van der Waals surface area (Å²) in [5.74, 6) is 0.552. The number of hydrogen-bond acceptors (Lipinski definition) is 2. The van der Waals surface area contributed by atoms with Crippen LogP contribution in [0.5, 0.6) is 0 Å². The van der Waals surface area contributed by atoms with Crippen molar-refractivity contribution in [3.8, 4) is 0 Å². The van der Waals surface area contributed by atoms with Crippen LogP contribution in [-0.4, -0.2) is 28.1 Å². The second kappa shape index (κ2) is 23.1. The van der Waals surface area contributed by atoms with Crippen LogP contribution < -0.4 is 0 Å². The molecule has 0 aliphatic rings. The number of rotatable bonds is 25. The molecular weight excluding hydrogens is 411 g/mol. The van der Waals surface area contributed by atoms with Crippen LogP contribution in [0.3, 0.4) is 0 Å². The normalized spacial score (nSPS) is 13.2. The third-order valence-corrected chi connectivity index (χ3v) is 10.2. The molecule has 0 aliphatic carbocycles. The van der Waals surface area contributed by atoms with Gasteiger partial charge in [0.25, 0.3) is 0 Å². The zero-order valence-electron chi connectivity index (χ0n) is 22.7. The Morgan fingerprint density at radius 1 is 0.531 bits per heavy atom. The Morgan fingerprint density at radius 2 is 0.844 bits per heavy atom. The molecule has 0 aliphatic heterocycles. The summed E-state index contributed by atoms with van der Waals surface area (Å²) in [6.45, 7) is 8.57. The van der Waals surface area contributed by atoms with Crippen LogP contribution in [0.25, 0.3) is 0 Å². The lowest BCUT2D eigenvalue weighted by molar-refractivity contribution is -0.0843. The molecule has 0 fully saturated rings. The molecule has 0 aromatic rings. The molecule has 0 rings (SSSR count). The van der Waals surface area contributed by atoms with E-state index in [0.717, 1.165) is 12.3 Å². The van der Waals surface area contributed by atoms with Gasteiger partial charge >= 0.3 is 0 Å². The van der Waals surface area contributed by atoms with Gasteiger partial charge in [-0.25, -0.2) is 0 Å². The first-order valence-corrected chi connectivity index (χ1v) is 16.3. The Labute approximate surface area is 204 Å². The van der Waals surface area contributed by atoms with Crippen LogP contribution in [-0.2, 0) is 0 Å². The summed E-state index contributed by atoms with van der Waals surface area (Å²) in [6, 6.07) is 0. The van der Waals surface area contributed by atoms with Crippen molar-refractivity contribution in [2.75, 3.05) is 12.3 Å². The first-order valence-electron chi connectivity index (χ1n) is 14.6. The van der Waals surface area contributed by atoms with Crippen molar-refractivity contribution in [3.05, 3.63) is 0 Å². The molecule has 0 aromatic carbocycles. The maximum Gasteiger partial charge on any atom is 0.181 e. The van der Waals surface area contributed by atoms with Crippen molar-refractivity contribution in [3.63, 3.8) is 0 Å². The fourth-order valence-electron chi connectivity index (χ4n) is 4.64. The van der Waals surface area contributed by atoms with E-state index in [9.17, 15) is 10.2 Å². The molecule has 2 N–H and O–H groups in total. The SMILES string of the molecule is CCCCCCCCCCCCCCCCCCCCCCP(CC(C)C)C(O)(O)CC. The van der Waals surface area contributed by atoms with Crippen LogP contribution >= 0.6 is 7.92 Å². The molecule has 0 heterocycles. The predicted molar refractivity (Wildman–Crippen MR) is 147 cm³/mol. The molecule has 2 nitrogen and oxygen atoms in total. The summed E-state index contributed by atoms with van der Waals surface area (Å²) < 4.78 is 0. The van der Waals surface area contributed by atoms with Crippen LogP contribution in [0.1, 0.15) is 163 Å². The topological polar surface area (TPSA) is 40.5 Å². The van der Waals surface area contributed by atoms with E-state index in [1.807, 2.05) is 6.92 Å². The fourth-order valence-corrected chi connectivity index (χ4v) is 7.41. The molecule has 1 atom stereocenters. The molecule has 1 unspecified atom stereocenters. The van der Waals surface area contributed by atoms with Crippen molar-refractivity contribution >= 4 is 7.92 Å². The molecule has 0 amide bonds. The molecule has 0 spiro atoms. The molecular formula is C29H61O2P. The number of unbranched alkanes of at least 4 members (excludes halogenated alkanes) is 19.